The predicted molar refractivity (Wildman–Crippen MR) is 74.8 cm³/mol. The van der Waals surface area contributed by atoms with Crippen LogP contribution < -0.4 is 9.47 Å². The van der Waals surface area contributed by atoms with Gasteiger partial charge in [0.1, 0.15) is 22.8 Å². The molecule has 19 heavy (non-hydrogen) atoms. The van der Waals surface area contributed by atoms with Crippen molar-refractivity contribution in [1.29, 1.82) is 0 Å². The van der Waals surface area contributed by atoms with Crippen molar-refractivity contribution in [3.05, 3.63) is 48.5 Å². The number of furan rings is 1. The van der Waals surface area contributed by atoms with Crippen LogP contribution in [0.15, 0.2) is 52.9 Å². The lowest BCUT2D eigenvalue weighted by molar-refractivity contribution is 0.414. The minimum absolute atomic E-state index is 0.795. The quantitative estimate of drug-likeness (QED) is 0.704. The van der Waals surface area contributed by atoms with Crippen molar-refractivity contribution in [1.82, 2.24) is 0 Å². The minimum Gasteiger partial charge on any atom is -0.497 e. The third-order valence-electron chi connectivity index (χ3n) is 3.10. The Balaban J connectivity index is 2.04. The van der Waals surface area contributed by atoms with Gasteiger partial charge in [-0.05, 0) is 42.5 Å². The van der Waals surface area contributed by atoms with Gasteiger partial charge in [-0.15, -0.1) is 0 Å². The van der Waals surface area contributed by atoms with Crippen molar-refractivity contribution in [2.24, 2.45) is 0 Å². The molecule has 0 fully saturated rings. The fourth-order valence-corrected chi connectivity index (χ4v) is 2.04. The highest BCUT2D eigenvalue weighted by atomic mass is 16.5. The number of benzene rings is 2. The number of rotatable bonds is 3. The molecule has 0 unspecified atom stereocenters. The normalized spacial score (nSPS) is 10.6. The van der Waals surface area contributed by atoms with Gasteiger partial charge in [0.15, 0.2) is 0 Å². The summed E-state index contributed by atoms with van der Waals surface area (Å²) in [5.41, 5.74) is 1.85. The maximum Gasteiger partial charge on any atom is 0.138 e. The molecule has 0 aliphatic heterocycles. The van der Waals surface area contributed by atoms with E-state index in [2.05, 4.69) is 0 Å². The highest BCUT2D eigenvalue weighted by Gasteiger charge is 2.07. The van der Waals surface area contributed by atoms with Crippen LogP contribution in [0.5, 0.6) is 11.5 Å². The van der Waals surface area contributed by atoms with Crippen LogP contribution in [0.25, 0.3) is 22.3 Å². The van der Waals surface area contributed by atoms with Crippen LogP contribution in [0.2, 0.25) is 0 Å². The van der Waals surface area contributed by atoms with Crippen molar-refractivity contribution in [3.8, 4) is 22.8 Å². The molecule has 0 N–H and O–H groups in total. The van der Waals surface area contributed by atoms with Crippen LogP contribution in [-0.2, 0) is 0 Å². The third-order valence-corrected chi connectivity index (χ3v) is 3.10. The van der Waals surface area contributed by atoms with Gasteiger partial charge < -0.3 is 13.9 Å². The molecule has 0 saturated heterocycles. The summed E-state index contributed by atoms with van der Waals surface area (Å²) in [6.07, 6.45) is 0. The Labute approximate surface area is 111 Å². The zero-order chi connectivity index (χ0) is 13.2. The Morgan fingerprint density at radius 3 is 2.16 bits per heavy atom. The van der Waals surface area contributed by atoms with Crippen LogP contribution >= 0.6 is 0 Å². The van der Waals surface area contributed by atoms with Crippen LogP contribution in [0, 0.1) is 0 Å². The second-order valence-electron chi connectivity index (χ2n) is 4.24. The smallest absolute Gasteiger partial charge is 0.138 e. The van der Waals surface area contributed by atoms with E-state index < -0.39 is 0 Å². The highest BCUT2D eigenvalue weighted by Crippen LogP contribution is 2.30. The van der Waals surface area contributed by atoms with E-state index in [4.69, 9.17) is 13.9 Å². The van der Waals surface area contributed by atoms with Crippen molar-refractivity contribution in [2.75, 3.05) is 14.2 Å². The molecule has 3 aromatic rings. The fraction of sp³-hybridized carbons (Fsp3) is 0.125. The van der Waals surface area contributed by atoms with E-state index in [0.29, 0.717) is 0 Å². The van der Waals surface area contributed by atoms with E-state index in [0.717, 1.165) is 33.8 Å². The zero-order valence-electron chi connectivity index (χ0n) is 10.8. The number of hydrogen-bond acceptors (Lipinski definition) is 3. The van der Waals surface area contributed by atoms with Gasteiger partial charge in [-0.25, -0.2) is 0 Å². The van der Waals surface area contributed by atoms with Crippen LogP contribution in [0.1, 0.15) is 0 Å². The third kappa shape index (κ3) is 2.15. The molecule has 1 aromatic heterocycles. The number of methoxy groups -OCH3 is 2. The molecular formula is C16H14O3. The molecule has 3 heteroatoms. The standard InChI is InChI=1S/C16H14O3/c1-17-13-6-3-11(4-7-13)15-9-12-5-8-14(18-2)10-16(12)19-15/h3-10H,1-2H3. The Morgan fingerprint density at radius 1 is 0.789 bits per heavy atom. The largest absolute Gasteiger partial charge is 0.497 e. The predicted octanol–water partition coefficient (Wildman–Crippen LogP) is 4.12. The molecule has 0 radical (unpaired) electrons. The van der Waals surface area contributed by atoms with Crippen molar-refractivity contribution < 1.29 is 13.9 Å². The van der Waals surface area contributed by atoms with Crippen LogP contribution in [0.4, 0.5) is 0 Å². The van der Waals surface area contributed by atoms with Crippen molar-refractivity contribution in [2.45, 2.75) is 0 Å². The Hall–Kier alpha value is -2.42. The summed E-state index contributed by atoms with van der Waals surface area (Å²) in [6, 6.07) is 15.6. The monoisotopic (exact) mass is 254 g/mol. The van der Waals surface area contributed by atoms with Gasteiger partial charge in [0, 0.05) is 17.0 Å². The van der Waals surface area contributed by atoms with E-state index in [1.165, 1.54) is 0 Å². The van der Waals surface area contributed by atoms with Gasteiger partial charge in [-0.2, -0.15) is 0 Å². The maximum atomic E-state index is 5.85. The summed E-state index contributed by atoms with van der Waals surface area (Å²) in [4.78, 5) is 0. The number of hydrogen-bond donors (Lipinski definition) is 0. The molecular weight excluding hydrogens is 240 g/mol. The van der Waals surface area contributed by atoms with Crippen molar-refractivity contribution >= 4 is 11.0 Å². The number of fused-ring (bicyclic) bond motifs is 1. The van der Waals surface area contributed by atoms with Gasteiger partial charge in [0.25, 0.3) is 0 Å². The van der Waals surface area contributed by atoms with Crippen molar-refractivity contribution in [3.63, 3.8) is 0 Å². The Kier molecular flexibility index (Phi) is 2.88. The molecule has 96 valence electrons. The molecule has 1 heterocycles. The van der Waals surface area contributed by atoms with E-state index >= 15 is 0 Å². The molecule has 3 nitrogen and oxygen atoms in total. The van der Waals surface area contributed by atoms with Gasteiger partial charge in [0.05, 0.1) is 14.2 Å². The summed E-state index contributed by atoms with van der Waals surface area (Å²) in [6.45, 7) is 0. The topological polar surface area (TPSA) is 31.6 Å². The molecule has 0 spiro atoms. The van der Waals surface area contributed by atoms with E-state index in [9.17, 15) is 0 Å². The van der Waals surface area contributed by atoms with E-state index in [-0.39, 0.29) is 0 Å². The minimum atomic E-state index is 0.795. The summed E-state index contributed by atoms with van der Waals surface area (Å²) in [7, 11) is 3.30. The summed E-state index contributed by atoms with van der Waals surface area (Å²) in [5.74, 6) is 2.47. The van der Waals surface area contributed by atoms with Gasteiger partial charge in [-0.3, -0.25) is 0 Å². The molecule has 0 amide bonds. The molecule has 0 bridgehead atoms. The summed E-state index contributed by atoms with van der Waals surface area (Å²) < 4.78 is 16.2. The zero-order valence-corrected chi connectivity index (χ0v) is 10.8. The van der Waals surface area contributed by atoms with Gasteiger partial charge in [-0.1, -0.05) is 0 Å². The second-order valence-corrected chi connectivity index (χ2v) is 4.24. The molecule has 0 saturated carbocycles. The van der Waals surface area contributed by atoms with Gasteiger partial charge >= 0.3 is 0 Å². The first kappa shape index (κ1) is 11.7. The average Bonchev–Trinajstić information content (AvgIpc) is 2.90. The van der Waals surface area contributed by atoms with Gasteiger partial charge in [0.2, 0.25) is 0 Å². The second kappa shape index (κ2) is 4.69. The first-order chi connectivity index (χ1) is 9.30. The lowest BCUT2D eigenvalue weighted by Gasteiger charge is -2.00. The van der Waals surface area contributed by atoms with Crippen LogP contribution in [-0.4, -0.2) is 14.2 Å². The first-order valence-corrected chi connectivity index (χ1v) is 6.02. The number of ether oxygens (including phenoxy) is 2. The summed E-state index contributed by atoms with van der Waals surface area (Å²) in [5, 5.41) is 1.06. The average molecular weight is 254 g/mol. The molecule has 2 aromatic carbocycles. The summed E-state index contributed by atoms with van der Waals surface area (Å²) >= 11 is 0. The fourth-order valence-electron chi connectivity index (χ4n) is 2.04. The van der Waals surface area contributed by atoms with E-state index in [1.54, 1.807) is 14.2 Å². The molecule has 0 atom stereocenters. The maximum absolute atomic E-state index is 5.85. The molecule has 0 aliphatic carbocycles. The first-order valence-electron chi connectivity index (χ1n) is 6.02. The Bertz CT molecular complexity index is 696. The highest BCUT2D eigenvalue weighted by molar-refractivity contribution is 5.84. The van der Waals surface area contributed by atoms with E-state index in [1.807, 2.05) is 48.5 Å². The molecule has 3 rings (SSSR count). The lowest BCUT2D eigenvalue weighted by Crippen LogP contribution is -1.81. The van der Waals surface area contributed by atoms with Crippen LogP contribution in [0.3, 0.4) is 0 Å². The Morgan fingerprint density at radius 2 is 1.47 bits per heavy atom. The lowest BCUT2D eigenvalue weighted by atomic mass is 10.1. The molecule has 0 aliphatic rings. The SMILES string of the molecule is COc1ccc(-c2cc3ccc(OC)cc3o2)cc1.